The largest absolute Gasteiger partial charge is 0.368 e. The van der Waals surface area contributed by atoms with Crippen molar-refractivity contribution in [1.29, 1.82) is 0 Å². The predicted octanol–water partition coefficient (Wildman–Crippen LogP) is 2.57. The Morgan fingerprint density at radius 3 is 2.36 bits per heavy atom. The molecule has 0 spiro atoms. The van der Waals surface area contributed by atoms with Gasteiger partial charge in [-0.25, -0.2) is 4.39 Å². The number of halogens is 1. The van der Waals surface area contributed by atoms with Crippen LogP contribution in [0, 0.1) is 11.7 Å². The first-order valence-corrected chi connectivity index (χ1v) is 9.47. The van der Waals surface area contributed by atoms with Gasteiger partial charge in [-0.05, 0) is 36.2 Å². The molecule has 0 radical (unpaired) electrons. The summed E-state index contributed by atoms with van der Waals surface area (Å²) in [4.78, 5) is 33.0. The Morgan fingerprint density at radius 2 is 1.71 bits per heavy atom. The van der Waals surface area contributed by atoms with Gasteiger partial charge in [-0.15, -0.1) is 0 Å². The summed E-state index contributed by atoms with van der Waals surface area (Å²) in [6.07, 6.45) is 2.97. The Bertz CT molecular complexity index is 831. The average Bonchev–Trinajstić information content (AvgIpc) is 2.72. The molecule has 28 heavy (non-hydrogen) atoms. The highest BCUT2D eigenvalue weighted by Gasteiger charge is 2.23. The minimum Gasteiger partial charge on any atom is -0.368 e. The molecule has 2 amide bonds. The van der Waals surface area contributed by atoms with Gasteiger partial charge in [-0.2, -0.15) is 0 Å². The second kappa shape index (κ2) is 8.82. The number of nitrogens with one attached hydrogen (secondary N) is 1. The minimum atomic E-state index is -0.262. The van der Waals surface area contributed by atoms with Crippen LogP contribution < -0.4 is 10.2 Å². The first-order chi connectivity index (χ1) is 13.4. The van der Waals surface area contributed by atoms with E-state index in [1.54, 1.807) is 23.1 Å². The third kappa shape index (κ3) is 4.85. The van der Waals surface area contributed by atoms with Crippen LogP contribution in [0.5, 0.6) is 0 Å². The fraction of sp³-hybridized carbons (Fsp3) is 0.381. The maximum absolute atomic E-state index is 13.1. The van der Waals surface area contributed by atoms with Crippen molar-refractivity contribution < 1.29 is 14.0 Å². The van der Waals surface area contributed by atoms with Crippen LogP contribution in [0.1, 0.15) is 34.6 Å². The lowest BCUT2D eigenvalue weighted by atomic mass is 10.1. The molecule has 0 unspecified atom stereocenters. The van der Waals surface area contributed by atoms with E-state index in [2.05, 4.69) is 15.2 Å². The summed E-state index contributed by atoms with van der Waals surface area (Å²) in [6.45, 7) is 7.05. The van der Waals surface area contributed by atoms with E-state index in [0.29, 0.717) is 49.8 Å². The minimum absolute atomic E-state index is 0.134. The predicted molar refractivity (Wildman–Crippen MR) is 106 cm³/mol. The number of carbonyl (C=O) groups is 2. The van der Waals surface area contributed by atoms with Gasteiger partial charge >= 0.3 is 0 Å². The van der Waals surface area contributed by atoms with Gasteiger partial charge in [-0.1, -0.05) is 13.8 Å². The molecule has 1 N–H and O–H groups in total. The van der Waals surface area contributed by atoms with Crippen molar-refractivity contribution >= 4 is 17.5 Å². The SMILES string of the molecule is CC(C)CNC(=O)c1cncc(C(=O)N2CCN(c3ccc(F)cc3)CC2)c1. The quantitative estimate of drug-likeness (QED) is 0.861. The zero-order valence-corrected chi connectivity index (χ0v) is 16.2. The molecule has 0 bridgehead atoms. The molecular formula is C21H25FN4O2. The highest BCUT2D eigenvalue weighted by atomic mass is 19.1. The van der Waals surface area contributed by atoms with Gasteiger partial charge in [0.2, 0.25) is 0 Å². The van der Waals surface area contributed by atoms with Crippen LogP contribution in [0.4, 0.5) is 10.1 Å². The van der Waals surface area contributed by atoms with E-state index in [1.807, 2.05) is 13.8 Å². The molecule has 1 aromatic heterocycles. The Labute approximate surface area is 164 Å². The third-order valence-corrected chi connectivity index (χ3v) is 4.68. The zero-order valence-electron chi connectivity index (χ0n) is 16.2. The van der Waals surface area contributed by atoms with Crippen molar-refractivity contribution in [2.24, 2.45) is 5.92 Å². The average molecular weight is 384 g/mol. The number of pyridine rings is 1. The van der Waals surface area contributed by atoms with Crippen molar-refractivity contribution in [3.8, 4) is 0 Å². The summed E-state index contributed by atoms with van der Waals surface area (Å²) < 4.78 is 13.1. The summed E-state index contributed by atoms with van der Waals surface area (Å²) >= 11 is 0. The molecule has 1 saturated heterocycles. The Hall–Kier alpha value is -2.96. The Balaban J connectivity index is 1.61. The molecule has 6 nitrogen and oxygen atoms in total. The van der Waals surface area contributed by atoms with E-state index < -0.39 is 0 Å². The summed E-state index contributed by atoms with van der Waals surface area (Å²) in [5.74, 6) is -0.275. The Morgan fingerprint density at radius 1 is 1.07 bits per heavy atom. The van der Waals surface area contributed by atoms with E-state index in [9.17, 15) is 14.0 Å². The van der Waals surface area contributed by atoms with Crippen LogP contribution in [0.15, 0.2) is 42.7 Å². The van der Waals surface area contributed by atoms with Crippen molar-refractivity contribution in [2.75, 3.05) is 37.6 Å². The molecule has 1 fully saturated rings. The van der Waals surface area contributed by atoms with Crippen molar-refractivity contribution in [3.63, 3.8) is 0 Å². The monoisotopic (exact) mass is 384 g/mol. The molecule has 7 heteroatoms. The van der Waals surface area contributed by atoms with Crippen molar-refractivity contribution in [3.05, 3.63) is 59.7 Å². The summed E-state index contributed by atoms with van der Waals surface area (Å²) in [6, 6.07) is 7.96. The van der Waals surface area contributed by atoms with Crippen LogP contribution in [-0.4, -0.2) is 54.4 Å². The van der Waals surface area contributed by atoms with Crippen LogP contribution >= 0.6 is 0 Å². The second-order valence-corrected chi connectivity index (χ2v) is 7.32. The third-order valence-electron chi connectivity index (χ3n) is 4.68. The van der Waals surface area contributed by atoms with E-state index in [4.69, 9.17) is 0 Å². The number of amides is 2. The highest BCUT2D eigenvalue weighted by Crippen LogP contribution is 2.18. The molecule has 2 aromatic rings. The van der Waals surface area contributed by atoms with Crippen molar-refractivity contribution in [1.82, 2.24) is 15.2 Å². The maximum atomic E-state index is 13.1. The van der Waals surface area contributed by atoms with Gasteiger partial charge in [0.15, 0.2) is 0 Å². The lowest BCUT2D eigenvalue weighted by Crippen LogP contribution is -2.48. The van der Waals surface area contributed by atoms with E-state index in [-0.39, 0.29) is 17.6 Å². The number of aromatic nitrogens is 1. The van der Waals surface area contributed by atoms with Crippen LogP contribution in [0.3, 0.4) is 0 Å². The van der Waals surface area contributed by atoms with Gasteiger partial charge in [0.25, 0.3) is 11.8 Å². The normalized spacial score (nSPS) is 14.3. The zero-order chi connectivity index (χ0) is 20.1. The first kappa shape index (κ1) is 19.8. The number of benzene rings is 1. The maximum Gasteiger partial charge on any atom is 0.255 e. The number of rotatable bonds is 5. The number of hydrogen-bond acceptors (Lipinski definition) is 4. The Kier molecular flexibility index (Phi) is 6.23. The van der Waals surface area contributed by atoms with Crippen LogP contribution in [0.2, 0.25) is 0 Å². The highest BCUT2D eigenvalue weighted by molar-refractivity contribution is 5.99. The molecule has 1 aliphatic heterocycles. The summed E-state index contributed by atoms with van der Waals surface area (Å²) in [5.41, 5.74) is 1.74. The number of piperazine rings is 1. The van der Waals surface area contributed by atoms with Gasteiger partial charge < -0.3 is 15.1 Å². The standard InChI is InChI=1S/C21H25FN4O2/c1-15(2)12-24-20(27)16-11-17(14-23-13-16)21(28)26-9-7-25(8-10-26)19-5-3-18(22)4-6-19/h3-6,11,13-15H,7-10,12H2,1-2H3,(H,24,27). The van der Waals surface area contributed by atoms with Crippen molar-refractivity contribution in [2.45, 2.75) is 13.8 Å². The molecule has 1 aliphatic rings. The van der Waals surface area contributed by atoms with Gasteiger partial charge in [0, 0.05) is 50.8 Å². The fourth-order valence-corrected chi connectivity index (χ4v) is 3.08. The number of anilines is 1. The molecule has 3 rings (SSSR count). The molecule has 2 heterocycles. The molecule has 0 saturated carbocycles. The fourth-order valence-electron chi connectivity index (χ4n) is 3.08. The van der Waals surface area contributed by atoms with E-state index in [0.717, 1.165) is 5.69 Å². The molecule has 148 valence electrons. The van der Waals surface area contributed by atoms with E-state index in [1.165, 1.54) is 24.5 Å². The lowest BCUT2D eigenvalue weighted by Gasteiger charge is -2.36. The number of hydrogen-bond donors (Lipinski definition) is 1. The number of carbonyl (C=O) groups excluding carboxylic acids is 2. The molecule has 0 aliphatic carbocycles. The smallest absolute Gasteiger partial charge is 0.255 e. The summed E-state index contributed by atoms with van der Waals surface area (Å²) in [5, 5.41) is 2.83. The molecular weight excluding hydrogens is 359 g/mol. The molecule has 1 aromatic carbocycles. The van der Waals surface area contributed by atoms with Crippen LogP contribution in [0.25, 0.3) is 0 Å². The van der Waals surface area contributed by atoms with Crippen LogP contribution in [-0.2, 0) is 0 Å². The first-order valence-electron chi connectivity index (χ1n) is 9.47. The van der Waals surface area contributed by atoms with Gasteiger partial charge in [0.1, 0.15) is 5.82 Å². The lowest BCUT2D eigenvalue weighted by molar-refractivity contribution is 0.0746. The van der Waals surface area contributed by atoms with E-state index >= 15 is 0 Å². The van der Waals surface area contributed by atoms with Gasteiger partial charge in [-0.3, -0.25) is 14.6 Å². The topological polar surface area (TPSA) is 65.5 Å². The molecule has 0 atom stereocenters. The number of nitrogens with zero attached hydrogens (tertiary/aromatic N) is 3. The second-order valence-electron chi connectivity index (χ2n) is 7.32. The van der Waals surface area contributed by atoms with Gasteiger partial charge in [0.05, 0.1) is 11.1 Å². The summed E-state index contributed by atoms with van der Waals surface area (Å²) in [7, 11) is 0.